The largest absolute Gasteiger partial charge is 0.455 e. The number of likely N-dealkylation sites (tertiary alicyclic amines) is 1. The normalized spacial score (nSPS) is 28.7. The van der Waals surface area contributed by atoms with E-state index in [9.17, 15) is 9.59 Å². The summed E-state index contributed by atoms with van der Waals surface area (Å²) in [6, 6.07) is 3.67. The molecule has 138 valence electrons. The molecule has 1 aliphatic heterocycles. The smallest absolute Gasteiger partial charge is 0.289 e. The Morgan fingerprint density at radius 2 is 2.24 bits per heavy atom. The van der Waals surface area contributed by atoms with Gasteiger partial charge in [0.05, 0.1) is 17.4 Å². The molecule has 0 radical (unpaired) electrons. The molecule has 0 unspecified atom stereocenters. The first-order chi connectivity index (χ1) is 12.0. The third kappa shape index (κ3) is 3.58. The van der Waals surface area contributed by atoms with Gasteiger partial charge in [-0.15, -0.1) is 0 Å². The lowest BCUT2D eigenvalue weighted by molar-refractivity contribution is -0.121. The van der Waals surface area contributed by atoms with E-state index >= 15 is 0 Å². The van der Waals surface area contributed by atoms with Gasteiger partial charge in [-0.05, 0) is 44.1 Å². The average molecular weight is 366 g/mol. The Bertz CT molecular complexity index is 647. The number of nitrogens with zero attached hydrogens (tertiary/aromatic N) is 1. The highest BCUT2D eigenvalue weighted by atomic mass is 32.2. The summed E-state index contributed by atoms with van der Waals surface area (Å²) in [5.41, 5.74) is -0.306. The Hall–Kier alpha value is -1.47. The maximum atomic E-state index is 13.0. The van der Waals surface area contributed by atoms with Crippen molar-refractivity contribution >= 4 is 23.6 Å². The average Bonchev–Trinajstić information content (AvgIpc) is 3.19. The van der Waals surface area contributed by atoms with E-state index in [1.807, 2.05) is 17.2 Å². The van der Waals surface area contributed by atoms with Crippen LogP contribution in [0.15, 0.2) is 16.5 Å². The molecule has 1 aromatic heterocycles. The lowest BCUT2D eigenvalue weighted by atomic mass is 9.78. The number of hydrogen-bond donors (Lipinski definition) is 1. The molecule has 1 aliphatic carbocycles. The maximum absolute atomic E-state index is 13.0. The molecule has 25 heavy (non-hydrogen) atoms. The van der Waals surface area contributed by atoms with Crippen LogP contribution >= 0.6 is 11.8 Å². The predicted molar refractivity (Wildman–Crippen MR) is 96.6 cm³/mol. The maximum Gasteiger partial charge on any atom is 0.289 e. The van der Waals surface area contributed by atoms with Crippen molar-refractivity contribution in [3.63, 3.8) is 0 Å². The zero-order chi connectivity index (χ0) is 18.0. The summed E-state index contributed by atoms with van der Waals surface area (Å²) in [4.78, 5) is 26.3. The molecule has 1 saturated heterocycles. The molecule has 2 fully saturated rings. The van der Waals surface area contributed by atoms with Crippen molar-refractivity contribution < 1.29 is 18.7 Å². The second-order valence-electron chi connectivity index (χ2n) is 6.90. The van der Waals surface area contributed by atoms with Crippen molar-refractivity contribution in [2.24, 2.45) is 0 Å². The summed E-state index contributed by atoms with van der Waals surface area (Å²) >= 11 is 1.66. The fraction of sp³-hybridized carbons (Fsp3) is 0.667. The van der Waals surface area contributed by atoms with E-state index < -0.39 is 0 Å². The second-order valence-corrected chi connectivity index (χ2v) is 7.77. The fourth-order valence-electron chi connectivity index (χ4n) is 4.21. The van der Waals surface area contributed by atoms with Crippen LogP contribution in [0.2, 0.25) is 0 Å². The van der Waals surface area contributed by atoms with Crippen LogP contribution in [0.4, 0.5) is 0 Å². The molecule has 0 aromatic carbocycles. The Balaban J connectivity index is 1.78. The molecule has 1 N–H and O–H groups in total. The third-order valence-electron chi connectivity index (χ3n) is 5.42. The first kappa shape index (κ1) is 18.3. The lowest BCUT2D eigenvalue weighted by Gasteiger charge is -2.43. The van der Waals surface area contributed by atoms with Gasteiger partial charge in [0.15, 0.2) is 5.76 Å². The zero-order valence-corrected chi connectivity index (χ0v) is 15.9. The van der Waals surface area contributed by atoms with Crippen LogP contribution in [-0.4, -0.2) is 54.3 Å². The van der Waals surface area contributed by atoms with Gasteiger partial charge in [0.2, 0.25) is 5.91 Å². The van der Waals surface area contributed by atoms with E-state index in [1.54, 1.807) is 24.9 Å². The minimum Gasteiger partial charge on any atom is -0.455 e. The van der Waals surface area contributed by atoms with Gasteiger partial charge in [-0.1, -0.05) is 0 Å². The molecule has 2 amide bonds. The number of carbonyl (C=O) groups excluding carboxylic acids is 2. The van der Waals surface area contributed by atoms with Gasteiger partial charge in [0.1, 0.15) is 5.76 Å². The second kappa shape index (κ2) is 7.41. The van der Waals surface area contributed by atoms with Gasteiger partial charge in [-0.3, -0.25) is 9.59 Å². The number of carbonyl (C=O) groups is 2. The van der Waals surface area contributed by atoms with E-state index in [-0.39, 0.29) is 29.5 Å². The number of fused-ring (bicyclic) bond motifs is 1. The first-order valence-electron chi connectivity index (χ1n) is 8.70. The van der Waals surface area contributed by atoms with Crippen LogP contribution in [0.3, 0.4) is 0 Å². The van der Waals surface area contributed by atoms with Crippen molar-refractivity contribution in [3.05, 3.63) is 23.7 Å². The highest BCUT2D eigenvalue weighted by Gasteiger charge is 2.53. The zero-order valence-electron chi connectivity index (χ0n) is 15.0. The monoisotopic (exact) mass is 366 g/mol. The number of ether oxygens (including phenoxy) is 1. The molecular formula is C18H26N2O4S. The summed E-state index contributed by atoms with van der Waals surface area (Å²) in [6.45, 7) is 2.19. The lowest BCUT2D eigenvalue weighted by Crippen LogP contribution is -2.55. The van der Waals surface area contributed by atoms with Gasteiger partial charge in [0.25, 0.3) is 5.91 Å². The molecule has 7 heteroatoms. The molecule has 1 saturated carbocycles. The minimum atomic E-state index is -0.306. The molecule has 3 rings (SSSR count). The Labute approximate surface area is 152 Å². The number of amides is 2. The Morgan fingerprint density at radius 3 is 2.92 bits per heavy atom. The van der Waals surface area contributed by atoms with Gasteiger partial charge >= 0.3 is 0 Å². The molecule has 0 bridgehead atoms. The first-order valence-corrected chi connectivity index (χ1v) is 10.1. The van der Waals surface area contributed by atoms with E-state index in [0.717, 1.165) is 37.2 Å². The highest BCUT2D eigenvalue weighted by Crippen LogP contribution is 2.43. The van der Waals surface area contributed by atoms with E-state index in [4.69, 9.17) is 9.15 Å². The van der Waals surface area contributed by atoms with Crippen LogP contribution in [0.1, 0.15) is 48.9 Å². The predicted octanol–water partition coefficient (Wildman–Crippen LogP) is 2.43. The quantitative estimate of drug-likeness (QED) is 0.867. The number of methoxy groups -OCH3 is 1. The van der Waals surface area contributed by atoms with Gasteiger partial charge in [-0.2, -0.15) is 11.8 Å². The van der Waals surface area contributed by atoms with Gasteiger partial charge in [0, 0.05) is 26.6 Å². The van der Waals surface area contributed by atoms with Crippen LogP contribution in [0, 0.1) is 0 Å². The van der Waals surface area contributed by atoms with Crippen molar-refractivity contribution in [1.82, 2.24) is 10.2 Å². The molecule has 1 aromatic rings. The number of furan rings is 1. The number of rotatable bonds is 5. The van der Waals surface area contributed by atoms with Gasteiger partial charge < -0.3 is 19.4 Å². The van der Waals surface area contributed by atoms with E-state index in [1.165, 1.54) is 6.92 Å². The van der Waals surface area contributed by atoms with Crippen LogP contribution in [0.25, 0.3) is 0 Å². The summed E-state index contributed by atoms with van der Waals surface area (Å²) in [5, 5.41) is 3.00. The number of thioether (sulfide) groups is 1. The van der Waals surface area contributed by atoms with Gasteiger partial charge in [-0.25, -0.2) is 0 Å². The van der Waals surface area contributed by atoms with E-state index in [2.05, 4.69) is 5.32 Å². The number of nitrogens with one attached hydrogen (secondary N) is 1. The Kier molecular flexibility index (Phi) is 5.43. The van der Waals surface area contributed by atoms with Crippen molar-refractivity contribution in [3.8, 4) is 0 Å². The van der Waals surface area contributed by atoms with Crippen molar-refractivity contribution in [2.45, 2.75) is 56.0 Å². The summed E-state index contributed by atoms with van der Waals surface area (Å²) in [7, 11) is 1.73. The molecule has 6 nitrogen and oxygen atoms in total. The standard InChI is InChI=1S/C18H26N2O4S/c1-12(21)19-13-6-7-18(23-2)8-9-20(16(18)10-13)17(22)15-5-4-14(24-15)11-25-3/h4-5,13,16H,6-11H2,1-3H3,(H,19,21)/t13-,16+,18-/m1/s1. The van der Waals surface area contributed by atoms with Crippen molar-refractivity contribution in [2.75, 3.05) is 19.9 Å². The minimum absolute atomic E-state index is 0.0291. The summed E-state index contributed by atoms with van der Waals surface area (Å²) in [5.74, 6) is 1.84. The topological polar surface area (TPSA) is 71.8 Å². The number of hydrogen-bond acceptors (Lipinski definition) is 5. The molecule has 3 atom stereocenters. The third-order valence-corrected chi connectivity index (χ3v) is 5.99. The summed E-state index contributed by atoms with van der Waals surface area (Å²) in [6.07, 6.45) is 5.27. The fourth-order valence-corrected chi connectivity index (χ4v) is 4.65. The molecular weight excluding hydrogens is 340 g/mol. The van der Waals surface area contributed by atoms with Crippen LogP contribution < -0.4 is 5.32 Å². The Morgan fingerprint density at radius 1 is 1.44 bits per heavy atom. The highest BCUT2D eigenvalue weighted by molar-refractivity contribution is 7.97. The van der Waals surface area contributed by atoms with E-state index in [0.29, 0.717) is 12.3 Å². The van der Waals surface area contributed by atoms with Crippen LogP contribution in [0.5, 0.6) is 0 Å². The molecule has 2 heterocycles. The van der Waals surface area contributed by atoms with Crippen LogP contribution in [-0.2, 0) is 15.3 Å². The summed E-state index contributed by atoms with van der Waals surface area (Å²) < 4.78 is 11.6. The molecule has 2 aliphatic rings. The molecule has 0 spiro atoms. The SMILES string of the molecule is CO[C@@]12CC[C@@H](NC(C)=O)C[C@@H]1N(C(=O)c1ccc(CSC)o1)CC2. The van der Waals surface area contributed by atoms with Crippen molar-refractivity contribution in [1.29, 1.82) is 0 Å².